The van der Waals surface area contributed by atoms with Gasteiger partial charge in [0.25, 0.3) is 0 Å². The van der Waals surface area contributed by atoms with E-state index >= 15 is 0 Å². The summed E-state index contributed by atoms with van der Waals surface area (Å²) in [5, 5.41) is 0.634. The smallest absolute Gasteiger partial charge is 0.106 e. The molecule has 0 bridgehead atoms. The first-order chi connectivity index (χ1) is 5.20. The van der Waals surface area contributed by atoms with Crippen LogP contribution in [0.15, 0.2) is 18.2 Å². The molecule has 3 heteroatoms. The van der Waals surface area contributed by atoms with Crippen molar-refractivity contribution in [1.29, 1.82) is 0 Å². The van der Waals surface area contributed by atoms with Crippen LogP contribution < -0.4 is 5.73 Å². The van der Waals surface area contributed by atoms with Gasteiger partial charge < -0.3 is 10.5 Å². The minimum atomic E-state index is 0.634. The van der Waals surface area contributed by atoms with E-state index in [4.69, 9.17) is 22.1 Å². The van der Waals surface area contributed by atoms with Crippen LogP contribution in [-0.4, -0.2) is 6.79 Å². The maximum Gasteiger partial charge on any atom is 0.106 e. The molecular weight excluding hydrogens is 162 g/mol. The van der Waals surface area contributed by atoms with Crippen LogP contribution in [0.1, 0.15) is 5.56 Å². The number of anilines is 1. The fraction of sp³-hybridized carbons (Fsp3) is 0.125. The molecule has 1 rings (SSSR count). The summed E-state index contributed by atoms with van der Waals surface area (Å²) in [4.78, 5) is 8.00. The molecule has 2 N–H and O–H groups in total. The average molecular weight is 172 g/mol. The van der Waals surface area contributed by atoms with Gasteiger partial charge in [0.2, 0.25) is 0 Å². The van der Waals surface area contributed by atoms with Gasteiger partial charge in [0, 0.05) is 0 Å². The van der Waals surface area contributed by atoms with E-state index in [0.29, 0.717) is 10.7 Å². The quantitative estimate of drug-likeness (QED) is 0.608. The van der Waals surface area contributed by atoms with Crippen molar-refractivity contribution < 1.29 is 4.79 Å². The Bertz CT molecular complexity index is 238. The average Bonchev–Trinajstić information content (AvgIpc) is 2.02. The van der Waals surface area contributed by atoms with Gasteiger partial charge in [0.1, 0.15) is 6.79 Å². The molecule has 0 aromatic heterocycles. The summed E-state index contributed by atoms with van der Waals surface area (Å²) < 4.78 is 0. The summed E-state index contributed by atoms with van der Waals surface area (Å²) >= 11 is 5.69. The summed E-state index contributed by atoms with van der Waals surface area (Å²) in [6.07, 6.45) is 0. The first-order valence-corrected chi connectivity index (χ1v) is 3.38. The van der Waals surface area contributed by atoms with E-state index in [1.165, 1.54) is 0 Å². The molecule has 0 saturated heterocycles. The third kappa shape index (κ3) is 3.05. The van der Waals surface area contributed by atoms with Crippen LogP contribution in [-0.2, 0) is 4.79 Å². The second-order valence-electron chi connectivity index (χ2n) is 2.02. The molecule has 0 radical (unpaired) electrons. The van der Waals surface area contributed by atoms with E-state index < -0.39 is 0 Å². The largest absolute Gasteiger partial charge is 0.398 e. The Hall–Kier alpha value is -1.02. The molecule has 0 aliphatic rings. The van der Waals surface area contributed by atoms with E-state index in [2.05, 4.69) is 0 Å². The topological polar surface area (TPSA) is 43.1 Å². The fourth-order valence-corrected chi connectivity index (χ4v) is 0.867. The Labute approximate surface area is 71.0 Å². The number of carbonyl (C=O) groups is 1. The Morgan fingerprint density at radius 3 is 2.36 bits per heavy atom. The minimum Gasteiger partial charge on any atom is -0.398 e. The van der Waals surface area contributed by atoms with Crippen molar-refractivity contribution >= 4 is 24.1 Å². The number of hydrogen-bond acceptors (Lipinski definition) is 2. The van der Waals surface area contributed by atoms with Gasteiger partial charge in [-0.05, 0) is 24.6 Å². The molecule has 1 aromatic carbocycles. The van der Waals surface area contributed by atoms with Crippen molar-refractivity contribution in [3.05, 3.63) is 28.8 Å². The van der Waals surface area contributed by atoms with Gasteiger partial charge in [-0.15, -0.1) is 0 Å². The molecule has 1 aromatic rings. The number of nitrogen functional groups attached to an aromatic ring is 1. The number of carbonyl (C=O) groups excluding carboxylic acids is 1. The lowest BCUT2D eigenvalue weighted by Gasteiger charge is -1.96. The highest BCUT2D eigenvalue weighted by molar-refractivity contribution is 6.33. The molecule has 60 valence electrons. The molecule has 2 nitrogen and oxygen atoms in total. The third-order valence-electron chi connectivity index (χ3n) is 1.16. The number of halogens is 1. The van der Waals surface area contributed by atoms with Crippen LogP contribution in [0, 0.1) is 6.92 Å². The van der Waals surface area contributed by atoms with E-state index in [-0.39, 0.29) is 0 Å². The summed E-state index contributed by atoms with van der Waals surface area (Å²) in [7, 11) is 0. The molecule has 0 unspecified atom stereocenters. The van der Waals surface area contributed by atoms with Crippen molar-refractivity contribution in [3.8, 4) is 0 Å². The Morgan fingerprint density at radius 2 is 2.00 bits per heavy atom. The fourth-order valence-electron chi connectivity index (χ4n) is 0.632. The Morgan fingerprint density at radius 1 is 1.45 bits per heavy atom. The molecule has 0 aliphatic heterocycles. The van der Waals surface area contributed by atoms with E-state index in [0.717, 1.165) is 5.56 Å². The van der Waals surface area contributed by atoms with Crippen LogP contribution in [0.25, 0.3) is 0 Å². The molecule has 0 aliphatic carbocycles. The number of benzene rings is 1. The van der Waals surface area contributed by atoms with Crippen molar-refractivity contribution in [2.24, 2.45) is 0 Å². The Balaban J connectivity index is 0.000000461. The SMILES string of the molecule is C=O.Cc1ccc(N)c(Cl)c1. The molecule has 0 amide bonds. The van der Waals surface area contributed by atoms with Crippen molar-refractivity contribution in [2.75, 3.05) is 5.73 Å². The van der Waals surface area contributed by atoms with Gasteiger partial charge >= 0.3 is 0 Å². The predicted molar refractivity (Wildman–Crippen MR) is 47.7 cm³/mol. The van der Waals surface area contributed by atoms with Gasteiger partial charge in [-0.3, -0.25) is 0 Å². The second kappa shape index (κ2) is 4.74. The van der Waals surface area contributed by atoms with Crippen molar-refractivity contribution in [3.63, 3.8) is 0 Å². The summed E-state index contributed by atoms with van der Waals surface area (Å²) in [5.41, 5.74) is 7.23. The van der Waals surface area contributed by atoms with E-state index in [1.807, 2.05) is 25.8 Å². The highest BCUT2D eigenvalue weighted by atomic mass is 35.5. The second-order valence-corrected chi connectivity index (χ2v) is 2.43. The molecule has 0 saturated carbocycles. The molecule has 11 heavy (non-hydrogen) atoms. The Kier molecular flexibility index (Phi) is 4.30. The van der Waals surface area contributed by atoms with Crippen LogP contribution in [0.2, 0.25) is 5.02 Å². The maximum absolute atomic E-state index is 8.00. The van der Waals surface area contributed by atoms with Crippen molar-refractivity contribution in [2.45, 2.75) is 6.92 Å². The number of aryl methyl sites for hydroxylation is 1. The lowest BCUT2D eigenvalue weighted by Crippen LogP contribution is -1.85. The van der Waals surface area contributed by atoms with Gasteiger partial charge in [0.05, 0.1) is 10.7 Å². The monoisotopic (exact) mass is 171 g/mol. The third-order valence-corrected chi connectivity index (χ3v) is 1.48. The van der Waals surface area contributed by atoms with Gasteiger partial charge in [-0.25, -0.2) is 0 Å². The minimum absolute atomic E-state index is 0.634. The number of hydrogen-bond donors (Lipinski definition) is 1. The number of rotatable bonds is 0. The highest BCUT2D eigenvalue weighted by Crippen LogP contribution is 2.18. The zero-order valence-electron chi connectivity index (χ0n) is 6.30. The normalized spacial score (nSPS) is 8.18. The van der Waals surface area contributed by atoms with Gasteiger partial charge in [-0.1, -0.05) is 17.7 Å². The molecule has 0 spiro atoms. The maximum atomic E-state index is 8.00. The first kappa shape index (κ1) is 9.98. The summed E-state index contributed by atoms with van der Waals surface area (Å²) in [5.74, 6) is 0. The van der Waals surface area contributed by atoms with Crippen LogP contribution in [0.4, 0.5) is 5.69 Å². The lowest BCUT2D eigenvalue weighted by atomic mass is 10.2. The molecule has 0 fully saturated rings. The highest BCUT2D eigenvalue weighted by Gasteiger charge is 1.92. The van der Waals surface area contributed by atoms with Crippen LogP contribution in [0.5, 0.6) is 0 Å². The first-order valence-electron chi connectivity index (χ1n) is 3.00. The van der Waals surface area contributed by atoms with E-state index in [9.17, 15) is 0 Å². The van der Waals surface area contributed by atoms with Crippen molar-refractivity contribution in [1.82, 2.24) is 0 Å². The van der Waals surface area contributed by atoms with Crippen LogP contribution >= 0.6 is 11.6 Å². The standard InChI is InChI=1S/C7H8ClN.CH2O/c1-5-2-3-7(9)6(8)4-5;1-2/h2-4H,9H2,1H3;1H2. The summed E-state index contributed by atoms with van der Waals surface area (Å²) in [6.45, 7) is 3.98. The lowest BCUT2D eigenvalue weighted by molar-refractivity contribution is -0.0979. The molecular formula is C8H10ClNO. The zero-order valence-corrected chi connectivity index (χ0v) is 7.06. The van der Waals surface area contributed by atoms with Gasteiger partial charge in [-0.2, -0.15) is 0 Å². The summed E-state index contributed by atoms with van der Waals surface area (Å²) in [6, 6.07) is 5.58. The zero-order chi connectivity index (χ0) is 8.85. The number of nitrogens with two attached hydrogens (primary N) is 1. The molecule has 0 heterocycles. The predicted octanol–water partition coefficient (Wildman–Crippen LogP) is 2.05. The van der Waals surface area contributed by atoms with E-state index in [1.54, 1.807) is 6.07 Å². The van der Waals surface area contributed by atoms with Crippen LogP contribution in [0.3, 0.4) is 0 Å². The molecule has 0 atom stereocenters. The van der Waals surface area contributed by atoms with Gasteiger partial charge in [0.15, 0.2) is 0 Å².